The second kappa shape index (κ2) is 15.5. The summed E-state index contributed by atoms with van der Waals surface area (Å²) in [5.41, 5.74) is 1.69. The van der Waals surface area contributed by atoms with E-state index in [1.165, 1.54) is 19.2 Å². The summed E-state index contributed by atoms with van der Waals surface area (Å²) in [4.78, 5) is 37.2. The van der Waals surface area contributed by atoms with Gasteiger partial charge in [-0.1, -0.05) is 75.4 Å². The molecule has 1 aromatic heterocycles. The lowest BCUT2D eigenvalue weighted by Gasteiger charge is -2.33. The molecule has 0 radical (unpaired) electrons. The van der Waals surface area contributed by atoms with E-state index < -0.39 is 22.5 Å². The lowest BCUT2D eigenvalue weighted by molar-refractivity contribution is -0.123. The fourth-order valence-electron chi connectivity index (χ4n) is 5.22. The maximum absolute atomic E-state index is 13.9. The van der Waals surface area contributed by atoms with E-state index in [0.717, 1.165) is 17.5 Å². The molecule has 5 rings (SSSR count). The number of para-hydroxylation sites is 2. The van der Waals surface area contributed by atoms with Gasteiger partial charge in [0.05, 0.1) is 18.0 Å². The minimum atomic E-state index is -4.22. The SMILES string of the molecule is COc1ccccc1Oc1c(NS(=O)(=O)c2ccc(C(C)(C)C)cc2)nc(N2CCN(C=O)CC2)nc1OCC(=O)NC(C)c1ccccc1. The Kier molecular flexibility index (Phi) is 11.1. The van der Waals surface area contributed by atoms with Crippen molar-refractivity contribution in [1.82, 2.24) is 20.2 Å². The van der Waals surface area contributed by atoms with Crippen LogP contribution in [0.25, 0.3) is 0 Å². The molecular weight excluding hydrogens is 660 g/mol. The predicted molar refractivity (Wildman–Crippen MR) is 189 cm³/mol. The summed E-state index contributed by atoms with van der Waals surface area (Å²) in [6.07, 6.45) is 0.774. The second-order valence-electron chi connectivity index (χ2n) is 12.8. The van der Waals surface area contributed by atoms with Crippen molar-refractivity contribution in [1.29, 1.82) is 0 Å². The van der Waals surface area contributed by atoms with Crippen LogP contribution in [0.4, 0.5) is 11.8 Å². The minimum absolute atomic E-state index is 0.00486. The van der Waals surface area contributed by atoms with Gasteiger partial charge in [-0.25, -0.2) is 8.42 Å². The van der Waals surface area contributed by atoms with Crippen LogP contribution in [-0.4, -0.2) is 75.5 Å². The molecule has 1 aliphatic rings. The first-order valence-corrected chi connectivity index (χ1v) is 17.6. The number of anilines is 2. The third-order valence-electron chi connectivity index (χ3n) is 8.13. The van der Waals surface area contributed by atoms with Crippen LogP contribution in [0.2, 0.25) is 0 Å². The number of benzene rings is 3. The standard InChI is InChI=1S/C36H42N6O7S/c1-25(26-11-7-6-8-12-26)37-31(44)23-48-34-32(49-30-14-10-9-13-29(30)47-5)33(38-35(39-34)42-21-19-41(24-43)20-22-42)40-50(45,46)28-17-15-27(16-18-28)36(2,3)4/h6-18,24-25H,19-23H2,1-5H3,(H,37,44)(H,38,39,40). The Hall–Kier alpha value is -5.37. The molecule has 1 fully saturated rings. The summed E-state index contributed by atoms with van der Waals surface area (Å²) in [5, 5.41) is 2.90. The summed E-state index contributed by atoms with van der Waals surface area (Å²) in [6.45, 7) is 9.07. The van der Waals surface area contributed by atoms with Gasteiger partial charge in [-0.2, -0.15) is 9.97 Å². The first kappa shape index (κ1) is 35.9. The van der Waals surface area contributed by atoms with Crippen LogP contribution in [0.1, 0.15) is 44.9 Å². The Morgan fingerprint density at radius 1 is 0.920 bits per heavy atom. The molecule has 4 aromatic rings. The Morgan fingerprint density at radius 2 is 1.56 bits per heavy atom. The minimum Gasteiger partial charge on any atom is -0.493 e. The first-order chi connectivity index (χ1) is 23.9. The van der Waals surface area contributed by atoms with Crippen molar-refractivity contribution < 1.29 is 32.2 Å². The van der Waals surface area contributed by atoms with Gasteiger partial charge in [0.2, 0.25) is 18.1 Å². The largest absolute Gasteiger partial charge is 0.493 e. The number of carbonyl (C=O) groups excluding carboxylic acids is 2. The summed E-state index contributed by atoms with van der Waals surface area (Å²) >= 11 is 0. The van der Waals surface area contributed by atoms with Crippen LogP contribution in [-0.2, 0) is 25.0 Å². The van der Waals surface area contributed by atoms with Crippen LogP contribution in [0.15, 0.2) is 83.8 Å². The molecule has 0 aliphatic carbocycles. The Morgan fingerprint density at radius 3 is 2.18 bits per heavy atom. The Balaban J connectivity index is 1.55. The molecule has 14 heteroatoms. The number of rotatable bonds is 13. The van der Waals surface area contributed by atoms with Crippen LogP contribution >= 0.6 is 0 Å². The highest BCUT2D eigenvalue weighted by Crippen LogP contribution is 2.41. The zero-order valence-corrected chi connectivity index (χ0v) is 29.6. The smallest absolute Gasteiger partial charge is 0.265 e. The van der Waals surface area contributed by atoms with Crippen molar-refractivity contribution in [2.75, 3.05) is 49.5 Å². The number of methoxy groups -OCH3 is 1. The van der Waals surface area contributed by atoms with E-state index in [2.05, 4.69) is 20.0 Å². The highest BCUT2D eigenvalue weighted by molar-refractivity contribution is 7.92. The average molecular weight is 703 g/mol. The number of ether oxygens (including phenoxy) is 3. The number of hydrogen-bond acceptors (Lipinski definition) is 10. The van der Waals surface area contributed by atoms with Gasteiger partial charge in [0.15, 0.2) is 23.9 Å². The summed E-state index contributed by atoms with van der Waals surface area (Å²) in [6, 6.07) is 22.5. The van der Waals surface area contributed by atoms with E-state index in [4.69, 9.17) is 14.2 Å². The molecule has 1 atom stereocenters. The highest BCUT2D eigenvalue weighted by Gasteiger charge is 2.28. The molecule has 0 saturated carbocycles. The number of aromatic nitrogens is 2. The monoisotopic (exact) mass is 702 g/mol. The third-order valence-corrected chi connectivity index (χ3v) is 9.48. The molecule has 2 heterocycles. The molecule has 264 valence electrons. The van der Waals surface area contributed by atoms with Crippen molar-refractivity contribution in [3.8, 4) is 23.1 Å². The lowest BCUT2D eigenvalue weighted by Crippen LogP contribution is -2.46. The second-order valence-corrected chi connectivity index (χ2v) is 14.4. The fourth-order valence-corrected chi connectivity index (χ4v) is 6.23. The Labute approximate surface area is 292 Å². The van der Waals surface area contributed by atoms with E-state index in [0.29, 0.717) is 31.9 Å². The van der Waals surface area contributed by atoms with Crippen molar-refractivity contribution in [3.05, 3.63) is 90.0 Å². The molecule has 50 heavy (non-hydrogen) atoms. The topological polar surface area (TPSA) is 152 Å². The van der Waals surface area contributed by atoms with Gasteiger partial charge in [0, 0.05) is 26.2 Å². The molecule has 2 N–H and O–H groups in total. The number of piperazine rings is 1. The zero-order chi connectivity index (χ0) is 35.9. The molecule has 1 saturated heterocycles. The highest BCUT2D eigenvalue weighted by atomic mass is 32.2. The average Bonchev–Trinajstić information content (AvgIpc) is 3.11. The number of sulfonamides is 1. The molecule has 13 nitrogen and oxygen atoms in total. The number of nitrogens with zero attached hydrogens (tertiary/aromatic N) is 4. The van der Waals surface area contributed by atoms with Crippen LogP contribution < -0.4 is 29.1 Å². The summed E-state index contributed by atoms with van der Waals surface area (Å²) in [5.74, 6) is -0.305. The van der Waals surface area contributed by atoms with Crippen molar-refractivity contribution >= 4 is 34.1 Å². The summed E-state index contributed by atoms with van der Waals surface area (Å²) in [7, 11) is -2.75. The van der Waals surface area contributed by atoms with Gasteiger partial charge in [0.25, 0.3) is 21.8 Å². The maximum atomic E-state index is 13.9. The first-order valence-electron chi connectivity index (χ1n) is 16.2. The van der Waals surface area contributed by atoms with Gasteiger partial charge in [-0.15, -0.1) is 0 Å². The fraction of sp³-hybridized carbons (Fsp3) is 0.333. The van der Waals surface area contributed by atoms with Gasteiger partial charge in [-0.3, -0.25) is 14.3 Å². The molecule has 3 aromatic carbocycles. The molecule has 0 bridgehead atoms. The van der Waals surface area contributed by atoms with E-state index in [-0.39, 0.29) is 45.5 Å². The number of carbonyl (C=O) groups is 2. The maximum Gasteiger partial charge on any atom is 0.265 e. The molecule has 2 amide bonds. The molecule has 1 unspecified atom stereocenters. The normalized spacial score (nSPS) is 14.0. The van der Waals surface area contributed by atoms with Gasteiger partial charge in [0.1, 0.15) is 0 Å². The van der Waals surface area contributed by atoms with E-state index in [9.17, 15) is 18.0 Å². The quantitative estimate of drug-likeness (QED) is 0.184. The van der Waals surface area contributed by atoms with E-state index >= 15 is 0 Å². The van der Waals surface area contributed by atoms with Gasteiger partial charge >= 0.3 is 0 Å². The van der Waals surface area contributed by atoms with Crippen LogP contribution in [0.5, 0.6) is 23.1 Å². The van der Waals surface area contributed by atoms with Crippen LogP contribution in [0, 0.1) is 0 Å². The third kappa shape index (κ3) is 8.80. The summed E-state index contributed by atoms with van der Waals surface area (Å²) < 4.78 is 48.1. The molecule has 1 aliphatic heterocycles. The van der Waals surface area contributed by atoms with Crippen molar-refractivity contribution in [3.63, 3.8) is 0 Å². The zero-order valence-electron chi connectivity index (χ0n) is 28.8. The number of hydrogen-bond donors (Lipinski definition) is 2. The van der Waals surface area contributed by atoms with E-state index in [1.54, 1.807) is 46.2 Å². The lowest BCUT2D eigenvalue weighted by atomic mass is 9.87. The Bertz CT molecular complexity index is 1890. The molecular formula is C36H42N6O7S. The van der Waals surface area contributed by atoms with Gasteiger partial charge < -0.3 is 29.3 Å². The number of nitrogens with one attached hydrogen (secondary N) is 2. The number of amides is 2. The molecule has 0 spiro atoms. The van der Waals surface area contributed by atoms with Crippen molar-refractivity contribution in [2.24, 2.45) is 0 Å². The van der Waals surface area contributed by atoms with Crippen LogP contribution in [0.3, 0.4) is 0 Å². The van der Waals surface area contributed by atoms with Gasteiger partial charge in [-0.05, 0) is 47.7 Å². The van der Waals surface area contributed by atoms with E-state index in [1.807, 2.05) is 58.0 Å². The predicted octanol–water partition coefficient (Wildman–Crippen LogP) is 4.91. The van der Waals surface area contributed by atoms with Crippen molar-refractivity contribution in [2.45, 2.75) is 44.0 Å².